The number of nitrogens with one attached hydrogen (secondary N) is 1. The molecule has 0 radical (unpaired) electrons. The number of aliphatic hydroxyl groups excluding tert-OH is 1. The van der Waals surface area contributed by atoms with Gasteiger partial charge in [-0.05, 0) is 0 Å². The van der Waals surface area contributed by atoms with Crippen molar-refractivity contribution in [1.29, 1.82) is 0 Å². The lowest BCUT2D eigenvalue weighted by Crippen LogP contribution is -2.46. The summed E-state index contributed by atoms with van der Waals surface area (Å²) in [4.78, 5) is 24.1. The summed E-state index contributed by atoms with van der Waals surface area (Å²) in [6.07, 6.45) is 1.33. The number of hydrogen-bond acceptors (Lipinski definition) is 5. The minimum atomic E-state index is -1.11. The molecular weight excluding hydrogens is 266 g/mol. The molecule has 1 aliphatic heterocycles. The molecular formula is C11H17N5O4. The van der Waals surface area contributed by atoms with Gasteiger partial charge in [-0.2, -0.15) is 0 Å². The number of aliphatic carboxylic acids is 1. The Morgan fingerprint density at radius 3 is 2.90 bits per heavy atom. The van der Waals surface area contributed by atoms with Crippen molar-refractivity contribution in [2.24, 2.45) is 7.05 Å². The standard InChI is InChI=1S/C11H17N5O4/c1-15-6-13-14-9(15)2-3-12-11(20)16-5-7(17)4-8(16)10(18)19/h6-8,17H,2-5H2,1H3,(H,12,20)(H,18,19)/t7-,8+/m1/s1. The fraction of sp³-hybridized carbons (Fsp3) is 0.636. The number of carbonyl (C=O) groups excluding carboxylic acids is 1. The van der Waals surface area contributed by atoms with E-state index in [1.807, 2.05) is 0 Å². The summed E-state index contributed by atoms with van der Waals surface area (Å²) >= 11 is 0. The monoisotopic (exact) mass is 283 g/mol. The summed E-state index contributed by atoms with van der Waals surface area (Å²) in [7, 11) is 1.80. The highest BCUT2D eigenvalue weighted by molar-refractivity contribution is 5.83. The highest BCUT2D eigenvalue weighted by Crippen LogP contribution is 2.17. The first-order valence-corrected chi connectivity index (χ1v) is 6.27. The largest absolute Gasteiger partial charge is 0.480 e. The van der Waals surface area contributed by atoms with Gasteiger partial charge in [-0.15, -0.1) is 10.2 Å². The Labute approximate surface area is 115 Å². The van der Waals surface area contributed by atoms with Crippen LogP contribution in [0, 0.1) is 0 Å². The third-order valence-corrected chi connectivity index (χ3v) is 3.25. The van der Waals surface area contributed by atoms with E-state index in [1.54, 1.807) is 17.9 Å². The SMILES string of the molecule is Cn1cnnc1CCNC(=O)N1C[C@H](O)C[C@H]1C(=O)O. The van der Waals surface area contributed by atoms with E-state index in [9.17, 15) is 14.7 Å². The van der Waals surface area contributed by atoms with Gasteiger partial charge in [0.15, 0.2) is 0 Å². The second-order valence-electron chi connectivity index (χ2n) is 4.74. The molecule has 1 aliphatic rings. The maximum Gasteiger partial charge on any atom is 0.326 e. The molecule has 0 aromatic carbocycles. The number of urea groups is 1. The van der Waals surface area contributed by atoms with Crippen LogP contribution in [0.25, 0.3) is 0 Å². The van der Waals surface area contributed by atoms with Crippen LogP contribution in [0.2, 0.25) is 0 Å². The van der Waals surface area contributed by atoms with Crippen molar-refractivity contribution in [2.45, 2.75) is 25.0 Å². The number of aromatic nitrogens is 3. The van der Waals surface area contributed by atoms with Gasteiger partial charge >= 0.3 is 12.0 Å². The molecule has 0 saturated carbocycles. The average Bonchev–Trinajstić information content (AvgIpc) is 2.96. The summed E-state index contributed by atoms with van der Waals surface area (Å²) < 4.78 is 1.74. The fourth-order valence-corrected chi connectivity index (χ4v) is 2.19. The van der Waals surface area contributed by atoms with E-state index in [1.165, 1.54) is 0 Å². The molecule has 2 atom stereocenters. The Morgan fingerprint density at radius 1 is 1.55 bits per heavy atom. The first-order chi connectivity index (χ1) is 9.49. The zero-order valence-electron chi connectivity index (χ0n) is 11.1. The molecule has 110 valence electrons. The van der Waals surface area contributed by atoms with E-state index in [-0.39, 0.29) is 13.0 Å². The zero-order chi connectivity index (χ0) is 14.7. The van der Waals surface area contributed by atoms with Crippen LogP contribution in [-0.2, 0) is 18.3 Å². The number of nitrogens with zero attached hydrogens (tertiary/aromatic N) is 4. The molecule has 2 amide bonds. The number of rotatable bonds is 4. The van der Waals surface area contributed by atoms with Crippen molar-refractivity contribution >= 4 is 12.0 Å². The first-order valence-electron chi connectivity index (χ1n) is 6.27. The Kier molecular flexibility index (Phi) is 4.18. The van der Waals surface area contributed by atoms with Gasteiger partial charge in [0.1, 0.15) is 18.2 Å². The minimum absolute atomic E-state index is 0.0345. The summed E-state index contributed by atoms with van der Waals surface area (Å²) in [6.45, 7) is 0.358. The van der Waals surface area contributed by atoms with E-state index < -0.39 is 24.1 Å². The molecule has 9 heteroatoms. The molecule has 2 rings (SSSR count). The number of aryl methyl sites for hydroxylation is 1. The van der Waals surface area contributed by atoms with Crippen molar-refractivity contribution < 1.29 is 19.8 Å². The smallest absolute Gasteiger partial charge is 0.326 e. The van der Waals surface area contributed by atoms with Crippen molar-refractivity contribution in [3.8, 4) is 0 Å². The van der Waals surface area contributed by atoms with Gasteiger partial charge in [0, 0.05) is 33.0 Å². The lowest BCUT2D eigenvalue weighted by Gasteiger charge is -2.21. The lowest BCUT2D eigenvalue weighted by atomic mass is 10.2. The number of carboxylic acid groups (broad SMARTS) is 1. The Balaban J connectivity index is 1.85. The first kappa shape index (κ1) is 14.3. The van der Waals surface area contributed by atoms with E-state index in [4.69, 9.17) is 5.11 Å². The maximum atomic E-state index is 11.9. The molecule has 20 heavy (non-hydrogen) atoms. The van der Waals surface area contributed by atoms with E-state index >= 15 is 0 Å². The van der Waals surface area contributed by atoms with Gasteiger partial charge in [0.05, 0.1) is 6.10 Å². The van der Waals surface area contributed by atoms with Crippen LogP contribution in [0.5, 0.6) is 0 Å². The van der Waals surface area contributed by atoms with Gasteiger partial charge < -0.3 is 25.0 Å². The molecule has 9 nitrogen and oxygen atoms in total. The predicted molar refractivity (Wildman–Crippen MR) is 66.9 cm³/mol. The number of hydrogen-bond donors (Lipinski definition) is 3. The Morgan fingerprint density at radius 2 is 2.30 bits per heavy atom. The van der Waals surface area contributed by atoms with Crippen LogP contribution in [0.3, 0.4) is 0 Å². The fourth-order valence-electron chi connectivity index (χ4n) is 2.19. The van der Waals surface area contributed by atoms with Gasteiger partial charge in [-0.1, -0.05) is 0 Å². The van der Waals surface area contributed by atoms with Crippen LogP contribution in [0.4, 0.5) is 4.79 Å². The average molecular weight is 283 g/mol. The minimum Gasteiger partial charge on any atom is -0.480 e. The maximum absolute atomic E-state index is 11.9. The van der Waals surface area contributed by atoms with Gasteiger partial charge in [0.25, 0.3) is 0 Å². The highest BCUT2D eigenvalue weighted by Gasteiger charge is 2.38. The number of likely N-dealkylation sites (tertiary alicyclic amines) is 1. The molecule has 0 bridgehead atoms. The van der Waals surface area contributed by atoms with Gasteiger partial charge in [-0.3, -0.25) is 0 Å². The quantitative estimate of drug-likeness (QED) is 0.624. The molecule has 0 unspecified atom stereocenters. The predicted octanol–water partition coefficient (Wildman–Crippen LogP) is -1.41. The van der Waals surface area contributed by atoms with Crippen molar-refractivity contribution in [1.82, 2.24) is 25.0 Å². The molecule has 1 aromatic rings. The molecule has 3 N–H and O–H groups in total. The van der Waals surface area contributed by atoms with Crippen LogP contribution in [-0.4, -0.2) is 67.1 Å². The highest BCUT2D eigenvalue weighted by atomic mass is 16.4. The lowest BCUT2D eigenvalue weighted by molar-refractivity contribution is -0.141. The van der Waals surface area contributed by atoms with Crippen LogP contribution >= 0.6 is 0 Å². The molecule has 0 spiro atoms. The number of amides is 2. The second-order valence-corrected chi connectivity index (χ2v) is 4.74. The Bertz CT molecular complexity index is 503. The summed E-state index contributed by atoms with van der Waals surface area (Å²) in [6, 6.07) is -1.46. The third-order valence-electron chi connectivity index (χ3n) is 3.25. The van der Waals surface area contributed by atoms with Crippen LogP contribution < -0.4 is 5.32 Å². The zero-order valence-corrected chi connectivity index (χ0v) is 11.1. The normalized spacial score (nSPS) is 22.0. The molecule has 1 fully saturated rings. The summed E-state index contributed by atoms with van der Waals surface area (Å²) in [5, 5.41) is 28.7. The van der Waals surface area contributed by atoms with Gasteiger partial charge in [0.2, 0.25) is 0 Å². The molecule has 1 aromatic heterocycles. The molecule has 1 saturated heterocycles. The molecule has 2 heterocycles. The van der Waals surface area contributed by atoms with Crippen LogP contribution in [0.15, 0.2) is 6.33 Å². The Hall–Kier alpha value is -2.16. The third kappa shape index (κ3) is 3.05. The number of carbonyl (C=O) groups is 2. The van der Waals surface area contributed by atoms with Crippen molar-refractivity contribution in [3.05, 3.63) is 12.2 Å². The summed E-state index contributed by atoms with van der Waals surface area (Å²) in [5.74, 6) is -0.383. The van der Waals surface area contributed by atoms with Crippen molar-refractivity contribution in [3.63, 3.8) is 0 Å². The van der Waals surface area contributed by atoms with Crippen molar-refractivity contribution in [2.75, 3.05) is 13.1 Å². The van der Waals surface area contributed by atoms with Gasteiger partial charge in [-0.25, -0.2) is 9.59 Å². The number of carboxylic acids is 1. The topological polar surface area (TPSA) is 121 Å². The number of aliphatic hydroxyl groups is 1. The number of β-amino-alcohol motifs (C(OH)–C–C–N with tert-alkyl or cyclic N) is 1. The summed E-state index contributed by atoms with van der Waals surface area (Å²) in [5.41, 5.74) is 0. The second kappa shape index (κ2) is 5.87. The molecule has 0 aliphatic carbocycles. The van der Waals surface area contributed by atoms with Crippen LogP contribution in [0.1, 0.15) is 12.2 Å². The van der Waals surface area contributed by atoms with E-state index in [0.29, 0.717) is 13.0 Å². The van der Waals surface area contributed by atoms with E-state index in [2.05, 4.69) is 15.5 Å². The van der Waals surface area contributed by atoms with E-state index in [0.717, 1.165) is 10.7 Å².